The van der Waals surface area contributed by atoms with Gasteiger partial charge in [-0.25, -0.2) is 8.42 Å². The van der Waals surface area contributed by atoms with E-state index in [4.69, 9.17) is 0 Å². The van der Waals surface area contributed by atoms with E-state index >= 15 is 0 Å². The highest BCUT2D eigenvalue weighted by molar-refractivity contribution is 7.92. The van der Waals surface area contributed by atoms with Gasteiger partial charge < -0.3 is 5.32 Å². The molecule has 0 radical (unpaired) electrons. The molecular weight excluding hydrogens is 384 g/mol. The molecule has 1 N–H and O–H groups in total. The van der Waals surface area contributed by atoms with Gasteiger partial charge in [-0.3, -0.25) is 9.10 Å². The average molecular weight is 415 g/mol. The summed E-state index contributed by atoms with van der Waals surface area (Å²) in [6, 6.07) is 14.9. The Morgan fingerprint density at radius 1 is 1.00 bits per heavy atom. The lowest BCUT2D eigenvalue weighted by atomic mass is 9.93. The molecule has 0 aromatic heterocycles. The van der Waals surface area contributed by atoms with E-state index in [0.717, 1.165) is 0 Å². The van der Waals surface area contributed by atoms with Crippen LogP contribution >= 0.6 is 0 Å². The number of anilines is 1. The topological polar surface area (TPSA) is 66.5 Å². The average Bonchev–Trinajstić information content (AvgIpc) is 2.70. The number of sulfonamides is 1. The summed E-state index contributed by atoms with van der Waals surface area (Å²) >= 11 is 0. The van der Waals surface area contributed by atoms with Crippen molar-refractivity contribution in [3.63, 3.8) is 0 Å². The summed E-state index contributed by atoms with van der Waals surface area (Å²) in [4.78, 5) is 12.8. The summed E-state index contributed by atoms with van der Waals surface area (Å²) in [5, 5.41) is 3.08. The summed E-state index contributed by atoms with van der Waals surface area (Å²) in [6.45, 7) is 12.1. The van der Waals surface area contributed by atoms with Gasteiger partial charge in [0.05, 0.1) is 17.1 Å². The summed E-state index contributed by atoms with van der Waals surface area (Å²) < 4.78 is 27.4. The van der Waals surface area contributed by atoms with Crippen molar-refractivity contribution in [1.82, 2.24) is 5.32 Å². The van der Waals surface area contributed by atoms with E-state index < -0.39 is 10.0 Å². The van der Waals surface area contributed by atoms with Crippen LogP contribution in [-0.2, 0) is 10.0 Å². The molecule has 0 bridgehead atoms. The molecule has 0 saturated heterocycles. The molecule has 0 aliphatic carbocycles. The number of hydrogen-bond acceptors (Lipinski definition) is 3. The predicted molar refractivity (Wildman–Crippen MR) is 119 cm³/mol. The van der Waals surface area contributed by atoms with Crippen LogP contribution in [0.25, 0.3) is 0 Å². The van der Waals surface area contributed by atoms with E-state index in [1.54, 1.807) is 54.6 Å². The minimum absolute atomic E-state index is 0.0675. The van der Waals surface area contributed by atoms with E-state index in [0.29, 0.717) is 23.1 Å². The standard InChI is InChI=1S/C23H30N2O3S/c1-6-16-25(29(27,28)21-10-8-7-9-11-21)20-14-12-19(13-15-20)23(26)24-22(17(2)3)18(4)5/h6-15,17-18,22H,1,16H2,2-5H3,(H,24,26). The van der Waals surface area contributed by atoms with Crippen molar-refractivity contribution >= 4 is 21.6 Å². The zero-order chi connectivity index (χ0) is 21.6. The fourth-order valence-corrected chi connectivity index (χ4v) is 4.75. The molecule has 0 aliphatic heterocycles. The molecule has 0 unspecified atom stereocenters. The van der Waals surface area contributed by atoms with Crippen molar-refractivity contribution < 1.29 is 13.2 Å². The van der Waals surface area contributed by atoms with Crippen LogP contribution in [-0.4, -0.2) is 26.9 Å². The monoisotopic (exact) mass is 414 g/mol. The summed E-state index contributed by atoms with van der Waals surface area (Å²) in [6.07, 6.45) is 1.54. The highest BCUT2D eigenvalue weighted by atomic mass is 32.2. The first-order chi connectivity index (χ1) is 13.7. The summed E-state index contributed by atoms with van der Waals surface area (Å²) in [5.74, 6) is 0.472. The Morgan fingerprint density at radius 2 is 1.55 bits per heavy atom. The molecule has 0 fully saturated rings. The van der Waals surface area contributed by atoms with Gasteiger partial charge >= 0.3 is 0 Å². The minimum Gasteiger partial charge on any atom is -0.349 e. The van der Waals surface area contributed by atoms with Crippen LogP contribution < -0.4 is 9.62 Å². The molecule has 5 nitrogen and oxygen atoms in total. The second-order valence-electron chi connectivity index (χ2n) is 7.67. The molecule has 29 heavy (non-hydrogen) atoms. The number of nitrogens with zero attached hydrogens (tertiary/aromatic N) is 1. The maximum atomic E-state index is 13.0. The van der Waals surface area contributed by atoms with Gasteiger partial charge in [-0.15, -0.1) is 6.58 Å². The Morgan fingerprint density at radius 3 is 2.03 bits per heavy atom. The molecule has 0 spiro atoms. The number of nitrogens with one attached hydrogen (secondary N) is 1. The number of carbonyl (C=O) groups excluding carboxylic acids is 1. The van der Waals surface area contributed by atoms with E-state index in [1.807, 2.05) is 0 Å². The van der Waals surface area contributed by atoms with Crippen molar-refractivity contribution in [3.05, 3.63) is 72.8 Å². The van der Waals surface area contributed by atoms with Crippen LogP contribution in [0, 0.1) is 11.8 Å². The first-order valence-corrected chi connectivity index (χ1v) is 11.2. The number of hydrogen-bond donors (Lipinski definition) is 1. The maximum absolute atomic E-state index is 13.0. The zero-order valence-corrected chi connectivity index (χ0v) is 18.3. The molecule has 0 heterocycles. The van der Waals surface area contributed by atoms with E-state index in [2.05, 4.69) is 39.6 Å². The Kier molecular flexibility index (Phi) is 7.62. The third kappa shape index (κ3) is 5.48. The molecule has 0 saturated carbocycles. The second kappa shape index (κ2) is 9.74. The number of rotatable bonds is 9. The SMILES string of the molecule is C=CCN(c1ccc(C(=O)NC(C(C)C)C(C)C)cc1)S(=O)(=O)c1ccccc1. The van der Waals surface area contributed by atoms with Crippen molar-refractivity contribution in [2.45, 2.75) is 38.6 Å². The zero-order valence-electron chi connectivity index (χ0n) is 17.5. The van der Waals surface area contributed by atoms with Crippen LogP contribution in [0.15, 0.2) is 72.1 Å². The Balaban J connectivity index is 2.28. The van der Waals surface area contributed by atoms with Gasteiger partial charge in [0.2, 0.25) is 0 Å². The molecule has 2 rings (SSSR count). The van der Waals surface area contributed by atoms with Gasteiger partial charge in [0.15, 0.2) is 0 Å². The van der Waals surface area contributed by atoms with E-state index in [-0.39, 0.29) is 23.4 Å². The van der Waals surface area contributed by atoms with E-state index in [1.165, 1.54) is 10.4 Å². The van der Waals surface area contributed by atoms with Gasteiger partial charge in [0.25, 0.3) is 15.9 Å². The number of benzene rings is 2. The summed E-state index contributed by atoms with van der Waals surface area (Å²) in [5.41, 5.74) is 0.977. The first-order valence-electron chi connectivity index (χ1n) is 9.78. The summed E-state index contributed by atoms with van der Waals surface area (Å²) in [7, 11) is -3.73. The molecule has 1 amide bonds. The third-order valence-corrected chi connectivity index (χ3v) is 6.59. The Bertz CT molecular complexity index is 912. The Labute approximate surface area is 174 Å². The molecular formula is C23H30N2O3S. The molecule has 156 valence electrons. The van der Waals surface area contributed by atoms with Gasteiger partial charge in [0.1, 0.15) is 0 Å². The van der Waals surface area contributed by atoms with Crippen molar-refractivity contribution in [3.8, 4) is 0 Å². The fourth-order valence-electron chi connectivity index (χ4n) is 3.30. The lowest BCUT2D eigenvalue weighted by Crippen LogP contribution is -2.42. The van der Waals surface area contributed by atoms with E-state index in [9.17, 15) is 13.2 Å². The largest absolute Gasteiger partial charge is 0.349 e. The predicted octanol–water partition coefficient (Wildman–Crippen LogP) is 4.48. The molecule has 0 aliphatic rings. The van der Waals surface area contributed by atoms with Crippen molar-refractivity contribution in [1.29, 1.82) is 0 Å². The lowest BCUT2D eigenvalue weighted by Gasteiger charge is -2.26. The molecule has 2 aromatic carbocycles. The number of carbonyl (C=O) groups is 1. The second-order valence-corrected chi connectivity index (χ2v) is 9.53. The third-order valence-electron chi connectivity index (χ3n) is 4.78. The van der Waals surface area contributed by atoms with Gasteiger partial charge in [0, 0.05) is 11.6 Å². The van der Waals surface area contributed by atoms with Crippen LogP contribution in [0.5, 0.6) is 0 Å². The van der Waals surface area contributed by atoms with Crippen LogP contribution in [0.4, 0.5) is 5.69 Å². The van der Waals surface area contributed by atoms with Crippen LogP contribution in [0.3, 0.4) is 0 Å². The van der Waals surface area contributed by atoms with Crippen molar-refractivity contribution in [2.75, 3.05) is 10.8 Å². The maximum Gasteiger partial charge on any atom is 0.264 e. The van der Waals surface area contributed by atoms with Crippen LogP contribution in [0.1, 0.15) is 38.1 Å². The van der Waals surface area contributed by atoms with Gasteiger partial charge in [-0.05, 0) is 48.2 Å². The van der Waals surface area contributed by atoms with Gasteiger partial charge in [-0.2, -0.15) is 0 Å². The quantitative estimate of drug-likeness (QED) is 0.615. The highest BCUT2D eigenvalue weighted by Gasteiger charge is 2.24. The fraction of sp³-hybridized carbons (Fsp3) is 0.348. The first kappa shape index (κ1) is 22.7. The Hall–Kier alpha value is -2.60. The molecule has 0 atom stereocenters. The lowest BCUT2D eigenvalue weighted by molar-refractivity contribution is 0.0910. The highest BCUT2D eigenvalue weighted by Crippen LogP contribution is 2.24. The van der Waals surface area contributed by atoms with Crippen molar-refractivity contribution in [2.24, 2.45) is 11.8 Å². The number of amides is 1. The smallest absolute Gasteiger partial charge is 0.264 e. The normalized spacial score (nSPS) is 11.7. The van der Waals surface area contributed by atoms with Crippen LogP contribution in [0.2, 0.25) is 0 Å². The van der Waals surface area contributed by atoms with Gasteiger partial charge in [-0.1, -0.05) is 52.0 Å². The molecule has 6 heteroatoms. The minimum atomic E-state index is -3.73. The molecule has 2 aromatic rings.